The first-order valence-electron chi connectivity index (χ1n) is 4.90. The Labute approximate surface area is 89.0 Å². The molecule has 1 aromatic carbocycles. The van der Waals surface area contributed by atoms with Crippen LogP contribution < -0.4 is 0 Å². The van der Waals surface area contributed by atoms with Crippen LogP contribution in [-0.2, 0) is 0 Å². The maximum Gasteiger partial charge on any atom is 0.0726 e. The summed E-state index contributed by atoms with van der Waals surface area (Å²) in [6, 6.07) is 7.79. The minimum Gasteiger partial charge on any atom is -0.389 e. The first-order chi connectivity index (χ1) is 6.75. The van der Waals surface area contributed by atoms with Crippen molar-refractivity contribution in [2.75, 3.05) is 0 Å². The summed E-state index contributed by atoms with van der Waals surface area (Å²) in [5.41, 5.74) is 2.41. The molecule has 0 radical (unpaired) electrons. The molecule has 1 N–H and O–H groups in total. The maximum absolute atomic E-state index is 9.49. The highest BCUT2D eigenvalue weighted by atomic mass is 35.5. The van der Waals surface area contributed by atoms with Crippen LogP contribution in [0.5, 0.6) is 0 Å². The van der Waals surface area contributed by atoms with Gasteiger partial charge in [0.05, 0.1) is 6.10 Å². The van der Waals surface area contributed by atoms with Gasteiger partial charge in [-0.2, -0.15) is 0 Å². The van der Waals surface area contributed by atoms with Crippen molar-refractivity contribution in [3.63, 3.8) is 0 Å². The molecule has 0 unspecified atom stereocenters. The van der Waals surface area contributed by atoms with Crippen molar-refractivity contribution in [3.8, 4) is 0 Å². The fraction of sp³-hybridized carbons (Fsp3) is 0.333. The third kappa shape index (κ3) is 2.17. The van der Waals surface area contributed by atoms with Crippen LogP contribution in [0, 0.1) is 0 Å². The molecule has 0 bridgehead atoms. The second kappa shape index (κ2) is 4.16. The Morgan fingerprint density at radius 2 is 1.93 bits per heavy atom. The highest BCUT2D eigenvalue weighted by Crippen LogP contribution is 2.27. The molecule has 2 heteroatoms. The standard InChI is InChI=1S/C12H13ClO/c13-11-6-4-9(5-7-11)10-2-1-3-12(14)8-10/h4-8,12,14H,1-3H2/t12-/m1/s1. The van der Waals surface area contributed by atoms with Crippen molar-refractivity contribution in [2.45, 2.75) is 25.4 Å². The van der Waals surface area contributed by atoms with Gasteiger partial charge in [-0.05, 0) is 42.5 Å². The summed E-state index contributed by atoms with van der Waals surface area (Å²) in [6.45, 7) is 0. The molecule has 0 aromatic heterocycles. The Morgan fingerprint density at radius 1 is 1.21 bits per heavy atom. The molecule has 74 valence electrons. The van der Waals surface area contributed by atoms with Gasteiger partial charge in [-0.25, -0.2) is 0 Å². The van der Waals surface area contributed by atoms with Gasteiger partial charge in [0.15, 0.2) is 0 Å². The van der Waals surface area contributed by atoms with Gasteiger partial charge >= 0.3 is 0 Å². The summed E-state index contributed by atoms with van der Waals surface area (Å²) in [5.74, 6) is 0. The lowest BCUT2D eigenvalue weighted by Gasteiger charge is -2.17. The van der Waals surface area contributed by atoms with E-state index in [2.05, 4.69) is 0 Å². The van der Waals surface area contributed by atoms with E-state index in [0.29, 0.717) is 0 Å². The number of aliphatic hydroxyl groups excluding tert-OH is 1. The van der Waals surface area contributed by atoms with Crippen LogP contribution >= 0.6 is 11.6 Å². The van der Waals surface area contributed by atoms with Gasteiger partial charge in [0.2, 0.25) is 0 Å². The summed E-state index contributed by atoms with van der Waals surface area (Å²) in [4.78, 5) is 0. The zero-order valence-corrected chi connectivity index (χ0v) is 8.67. The molecule has 0 spiro atoms. The third-order valence-electron chi connectivity index (χ3n) is 2.55. The molecule has 0 saturated heterocycles. The zero-order chi connectivity index (χ0) is 9.97. The monoisotopic (exact) mass is 208 g/mol. The lowest BCUT2D eigenvalue weighted by atomic mass is 9.92. The first kappa shape index (κ1) is 9.75. The average Bonchev–Trinajstić information content (AvgIpc) is 2.19. The van der Waals surface area contributed by atoms with Crippen LogP contribution in [0.1, 0.15) is 24.8 Å². The molecule has 1 aliphatic carbocycles. The van der Waals surface area contributed by atoms with Gasteiger partial charge in [-0.15, -0.1) is 0 Å². The lowest BCUT2D eigenvalue weighted by Crippen LogP contribution is -2.08. The second-order valence-corrected chi connectivity index (χ2v) is 4.09. The van der Waals surface area contributed by atoms with E-state index in [1.807, 2.05) is 30.3 Å². The largest absolute Gasteiger partial charge is 0.389 e. The van der Waals surface area contributed by atoms with Crippen molar-refractivity contribution in [1.29, 1.82) is 0 Å². The molecule has 2 rings (SSSR count). The first-order valence-corrected chi connectivity index (χ1v) is 5.28. The minimum absolute atomic E-state index is 0.269. The SMILES string of the molecule is O[C@H]1C=C(c2ccc(Cl)cc2)CCC1. The van der Waals surface area contributed by atoms with E-state index in [4.69, 9.17) is 11.6 Å². The van der Waals surface area contributed by atoms with Gasteiger partial charge in [0, 0.05) is 5.02 Å². The Hall–Kier alpha value is -0.790. The molecular formula is C12H13ClO. The van der Waals surface area contributed by atoms with E-state index >= 15 is 0 Å². The summed E-state index contributed by atoms with van der Waals surface area (Å²) in [7, 11) is 0. The van der Waals surface area contributed by atoms with Gasteiger partial charge in [0.25, 0.3) is 0 Å². The molecule has 14 heavy (non-hydrogen) atoms. The Bertz CT molecular complexity index is 340. The van der Waals surface area contributed by atoms with Crippen LogP contribution in [0.25, 0.3) is 5.57 Å². The van der Waals surface area contributed by atoms with E-state index < -0.39 is 0 Å². The molecule has 0 fully saturated rings. The number of aliphatic hydroxyl groups is 1. The summed E-state index contributed by atoms with van der Waals surface area (Å²) >= 11 is 5.81. The van der Waals surface area contributed by atoms with E-state index in [9.17, 15) is 5.11 Å². The van der Waals surface area contributed by atoms with E-state index in [-0.39, 0.29) is 6.10 Å². The van der Waals surface area contributed by atoms with Gasteiger partial charge < -0.3 is 5.11 Å². The number of allylic oxidation sites excluding steroid dienone is 1. The van der Waals surface area contributed by atoms with Gasteiger partial charge in [0.1, 0.15) is 0 Å². The van der Waals surface area contributed by atoms with Crippen LogP contribution in [0.15, 0.2) is 30.3 Å². The Kier molecular flexibility index (Phi) is 2.90. The highest BCUT2D eigenvalue weighted by molar-refractivity contribution is 6.30. The van der Waals surface area contributed by atoms with Crippen molar-refractivity contribution < 1.29 is 5.11 Å². The molecule has 0 saturated carbocycles. The Morgan fingerprint density at radius 3 is 2.57 bits per heavy atom. The molecule has 0 heterocycles. The van der Waals surface area contributed by atoms with Crippen LogP contribution in [0.3, 0.4) is 0 Å². The smallest absolute Gasteiger partial charge is 0.0726 e. The van der Waals surface area contributed by atoms with Gasteiger partial charge in [-0.1, -0.05) is 29.8 Å². The third-order valence-corrected chi connectivity index (χ3v) is 2.81. The van der Waals surface area contributed by atoms with E-state index in [0.717, 1.165) is 24.3 Å². The average molecular weight is 209 g/mol. The summed E-state index contributed by atoms with van der Waals surface area (Å²) < 4.78 is 0. The molecule has 1 nitrogen and oxygen atoms in total. The second-order valence-electron chi connectivity index (χ2n) is 3.66. The normalized spacial score (nSPS) is 21.9. The molecule has 1 aromatic rings. The number of hydrogen-bond acceptors (Lipinski definition) is 1. The Balaban J connectivity index is 2.26. The molecule has 1 atom stereocenters. The highest BCUT2D eigenvalue weighted by Gasteiger charge is 2.11. The van der Waals surface area contributed by atoms with Gasteiger partial charge in [-0.3, -0.25) is 0 Å². The van der Waals surface area contributed by atoms with E-state index in [1.54, 1.807) is 0 Å². The number of benzene rings is 1. The fourth-order valence-electron chi connectivity index (χ4n) is 1.81. The number of hydrogen-bond donors (Lipinski definition) is 1. The van der Waals surface area contributed by atoms with Crippen molar-refractivity contribution in [2.24, 2.45) is 0 Å². The van der Waals surface area contributed by atoms with E-state index in [1.165, 1.54) is 11.1 Å². The fourth-order valence-corrected chi connectivity index (χ4v) is 1.93. The van der Waals surface area contributed by atoms with Crippen molar-refractivity contribution in [1.82, 2.24) is 0 Å². The predicted octanol–water partition coefficient (Wildman–Crippen LogP) is 3.27. The van der Waals surface area contributed by atoms with Crippen LogP contribution in [-0.4, -0.2) is 11.2 Å². The number of rotatable bonds is 1. The zero-order valence-electron chi connectivity index (χ0n) is 7.91. The number of halogens is 1. The summed E-state index contributed by atoms with van der Waals surface area (Å²) in [6.07, 6.45) is 4.69. The van der Waals surface area contributed by atoms with Crippen molar-refractivity contribution in [3.05, 3.63) is 40.9 Å². The molecule has 1 aliphatic rings. The quantitative estimate of drug-likeness (QED) is 0.751. The summed E-state index contributed by atoms with van der Waals surface area (Å²) in [5, 5.41) is 10.2. The maximum atomic E-state index is 9.49. The molecule has 0 amide bonds. The lowest BCUT2D eigenvalue weighted by molar-refractivity contribution is 0.206. The minimum atomic E-state index is -0.269. The van der Waals surface area contributed by atoms with Crippen molar-refractivity contribution >= 4 is 17.2 Å². The topological polar surface area (TPSA) is 20.2 Å². The van der Waals surface area contributed by atoms with Crippen LogP contribution in [0.2, 0.25) is 5.02 Å². The van der Waals surface area contributed by atoms with Crippen LogP contribution in [0.4, 0.5) is 0 Å². The molecule has 0 aliphatic heterocycles. The predicted molar refractivity (Wildman–Crippen MR) is 59.3 cm³/mol. The molecular weight excluding hydrogens is 196 g/mol.